The summed E-state index contributed by atoms with van der Waals surface area (Å²) in [7, 11) is -1.97. The van der Waals surface area contributed by atoms with Gasteiger partial charge in [-0.15, -0.1) is 0 Å². The molecular weight excluding hydrogens is 342 g/mol. The molecule has 25 heavy (non-hydrogen) atoms. The van der Waals surface area contributed by atoms with Crippen LogP contribution in [0.25, 0.3) is 0 Å². The molecule has 1 aliphatic carbocycles. The number of hydrogen-bond donors (Lipinski definition) is 1. The van der Waals surface area contributed by atoms with Crippen LogP contribution in [-0.2, 0) is 10.0 Å². The molecule has 0 saturated heterocycles. The lowest BCUT2D eigenvalue weighted by atomic mass is 9.86. The first-order valence-electron chi connectivity index (χ1n) is 8.75. The van der Waals surface area contributed by atoms with Crippen LogP contribution >= 0.6 is 0 Å². The second-order valence-corrected chi connectivity index (χ2v) is 9.78. The lowest BCUT2D eigenvalue weighted by molar-refractivity contribution is -0.0764. The maximum Gasteiger partial charge on any atom is 0.214 e. The highest BCUT2D eigenvalue weighted by molar-refractivity contribution is 7.89. The van der Waals surface area contributed by atoms with Gasteiger partial charge in [-0.05, 0) is 57.7 Å². The van der Waals surface area contributed by atoms with E-state index in [0.29, 0.717) is 29.6 Å². The molecule has 140 valence electrons. The van der Waals surface area contributed by atoms with Crippen molar-refractivity contribution in [2.45, 2.75) is 51.4 Å². The number of hydrogen-bond acceptors (Lipinski definition) is 5. The van der Waals surface area contributed by atoms with Crippen LogP contribution < -0.4 is 9.47 Å². The zero-order valence-corrected chi connectivity index (χ0v) is 16.0. The van der Waals surface area contributed by atoms with Crippen LogP contribution in [-0.4, -0.2) is 48.9 Å². The first-order chi connectivity index (χ1) is 11.7. The molecule has 2 atom stereocenters. The summed E-state index contributed by atoms with van der Waals surface area (Å²) in [6.45, 7) is 5.79. The van der Waals surface area contributed by atoms with Crippen LogP contribution in [0.5, 0.6) is 11.5 Å². The normalized spacial score (nSPS) is 25.4. The number of aliphatic hydroxyl groups excluding tert-OH is 1. The quantitative estimate of drug-likeness (QED) is 0.833. The Morgan fingerprint density at radius 1 is 1.36 bits per heavy atom. The van der Waals surface area contributed by atoms with E-state index in [4.69, 9.17) is 9.47 Å². The third kappa shape index (κ3) is 3.64. The number of benzene rings is 1. The molecule has 6 nitrogen and oxygen atoms in total. The lowest BCUT2D eigenvalue weighted by Gasteiger charge is -2.44. The fourth-order valence-electron chi connectivity index (χ4n) is 3.10. The van der Waals surface area contributed by atoms with Gasteiger partial charge in [-0.2, -0.15) is 4.31 Å². The zero-order chi connectivity index (χ0) is 18.4. The minimum Gasteiger partial charge on any atom is -0.493 e. The summed E-state index contributed by atoms with van der Waals surface area (Å²) in [6.07, 6.45) is 1.40. The van der Waals surface area contributed by atoms with Gasteiger partial charge < -0.3 is 14.6 Å². The van der Waals surface area contributed by atoms with Gasteiger partial charge >= 0.3 is 0 Å². The fourth-order valence-corrected chi connectivity index (χ4v) is 4.09. The maximum absolute atomic E-state index is 12.4. The van der Waals surface area contributed by atoms with Gasteiger partial charge in [0, 0.05) is 12.6 Å². The van der Waals surface area contributed by atoms with E-state index in [1.807, 2.05) is 6.07 Å². The van der Waals surface area contributed by atoms with E-state index < -0.39 is 27.8 Å². The van der Waals surface area contributed by atoms with Crippen molar-refractivity contribution in [1.29, 1.82) is 0 Å². The van der Waals surface area contributed by atoms with Crippen LogP contribution in [0.2, 0.25) is 0 Å². The van der Waals surface area contributed by atoms with Crippen molar-refractivity contribution in [3.05, 3.63) is 23.8 Å². The molecule has 0 radical (unpaired) electrons. The van der Waals surface area contributed by atoms with Gasteiger partial charge in [-0.3, -0.25) is 0 Å². The highest BCUT2D eigenvalue weighted by Crippen LogP contribution is 2.44. The smallest absolute Gasteiger partial charge is 0.214 e. The molecular formula is C18H27NO5S. The average Bonchev–Trinajstić information content (AvgIpc) is 3.38. The van der Waals surface area contributed by atoms with Crippen molar-refractivity contribution in [1.82, 2.24) is 4.31 Å². The van der Waals surface area contributed by atoms with Crippen molar-refractivity contribution in [2.24, 2.45) is 5.92 Å². The third-order valence-electron chi connectivity index (χ3n) is 5.06. The molecule has 0 bridgehead atoms. The predicted molar refractivity (Wildman–Crippen MR) is 95.3 cm³/mol. The molecule has 1 aromatic carbocycles. The predicted octanol–water partition coefficient (Wildman–Crippen LogP) is 2.33. The number of ether oxygens (including phenoxy) is 2. The molecule has 2 aliphatic rings. The highest BCUT2D eigenvalue weighted by atomic mass is 32.2. The van der Waals surface area contributed by atoms with E-state index in [0.717, 1.165) is 0 Å². The van der Waals surface area contributed by atoms with Crippen LogP contribution in [0.15, 0.2) is 18.2 Å². The molecule has 0 aromatic heterocycles. The van der Waals surface area contributed by atoms with Crippen LogP contribution in [0, 0.1) is 5.92 Å². The molecule has 2 unspecified atom stereocenters. The van der Waals surface area contributed by atoms with Gasteiger partial charge in [-0.25, -0.2) is 8.42 Å². The molecule has 7 heteroatoms. The Kier molecular flexibility index (Phi) is 4.77. The van der Waals surface area contributed by atoms with E-state index in [1.165, 1.54) is 24.2 Å². The van der Waals surface area contributed by atoms with Crippen LogP contribution in [0.3, 0.4) is 0 Å². The minimum absolute atomic E-state index is 0.0266. The number of sulfonamides is 1. The Morgan fingerprint density at radius 2 is 2.04 bits per heavy atom. The summed E-state index contributed by atoms with van der Waals surface area (Å²) in [6, 6.07) is 4.71. The minimum atomic E-state index is -3.48. The Bertz CT molecular complexity index is 742. The van der Waals surface area contributed by atoms with E-state index in [2.05, 4.69) is 0 Å². The Labute approximate surface area is 149 Å². The standard InChI is InChI=1S/C18H27NO5S/c1-5-25(21,22)19(4)16-14-10-13(23-11-12-6-7-12)8-9-15(14)24-18(2,3)17(16)20/h8-10,12,16-17,20H,5-7,11H2,1-4H3. The Morgan fingerprint density at radius 3 is 2.64 bits per heavy atom. The van der Waals surface area contributed by atoms with Gasteiger partial charge in [0.1, 0.15) is 23.2 Å². The van der Waals surface area contributed by atoms with Crippen molar-refractivity contribution in [3.63, 3.8) is 0 Å². The SMILES string of the molecule is CCS(=O)(=O)N(C)C1c2cc(OCC3CC3)ccc2OC(C)(C)C1O. The molecule has 1 heterocycles. The second-order valence-electron chi connectivity index (χ2n) is 7.47. The topological polar surface area (TPSA) is 76.1 Å². The van der Waals surface area contributed by atoms with Crippen molar-refractivity contribution >= 4 is 10.0 Å². The summed E-state index contributed by atoms with van der Waals surface area (Å²) in [5.74, 6) is 1.85. The number of aliphatic hydroxyl groups is 1. The fraction of sp³-hybridized carbons (Fsp3) is 0.667. The molecule has 1 fully saturated rings. The van der Waals surface area contributed by atoms with Crippen molar-refractivity contribution in [3.8, 4) is 11.5 Å². The molecule has 0 amide bonds. The maximum atomic E-state index is 12.4. The number of likely N-dealkylation sites (N-methyl/N-ethyl adjacent to an activating group) is 1. The van der Waals surface area contributed by atoms with E-state index in [9.17, 15) is 13.5 Å². The number of fused-ring (bicyclic) bond motifs is 1. The van der Waals surface area contributed by atoms with E-state index in [-0.39, 0.29) is 5.75 Å². The molecule has 1 N–H and O–H groups in total. The van der Waals surface area contributed by atoms with Gasteiger partial charge in [0.25, 0.3) is 0 Å². The first kappa shape index (κ1) is 18.5. The zero-order valence-electron chi connectivity index (χ0n) is 15.2. The Hall–Kier alpha value is -1.31. The highest BCUT2D eigenvalue weighted by Gasteiger charge is 2.47. The largest absolute Gasteiger partial charge is 0.493 e. The molecule has 0 spiro atoms. The number of rotatable bonds is 6. The molecule has 1 saturated carbocycles. The van der Waals surface area contributed by atoms with Gasteiger partial charge in [0.2, 0.25) is 10.0 Å². The molecule has 1 aliphatic heterocycles. The van der Waals surface area contributed by atoms with Gasteiger partial charge in [0.05, 0.1) is 18.4 Å². The lowest BCUT2D eigenvalue weighted by Crippen LogP contribution is -2.54. The van der Waals surface area contributed by atoms with Crippen LogP contribution in [0.4, 0.5) is 0 Å². The summed E-state index contributed by atoms with van der Waals surface area (Å²) in [4.78, 5) is 0. The molecule has 3 rings (SSSR count). The summed E-state index contributed by atoms with van der Waals surface area (Å²) in [5.41, 5.74) is -0.259. The Balaban J connectivity index is 1.99. The second kappa shape index (κ2) is 6.45. The monoisotopic (exact) mass is 369 g/mol. The third-order valence-corrected chi connectivity index (χ3v) is 6.90. The number of nitrogens with zero attached hydrogens (tertiary/aromatic N) is 1. The summed E-state index contributed by atoms with van der Waals surface area (Å²) >= 11 is 0. The van der Waals surface area contributed by atoms with E-state index in [1.54, 1.807) is 32.9 Å². The molecule has 1 aromatic rings. The van der Waals surface area contributed by atoms with Gasteiger partial charge in [0.15, 0.2) is 0 Å². The van der Waals surface area contributed by atoms with E-state index >= 15 is 0 Å². The van der Waals surface area contributed by atoms with Gasteiger partial charge in [-0.1, -0.05) is 0 Å². The van der Waals surface area contributed by atoms with Crippen molar-refractivity contribution < 1.29 is 23.0 Å². The van der Waals surface area contributed by atoms with Crippen LogP contribution in [0.1, 0.15) is 45.2 Å². The average molecular weight is 369 g/mol. The van der Waals surface area contributed by atoms with Crippen molar-refractivity contribution in [2.75, 3.05) is 19.4 Å². The summed E-state index contributed by atoms with van der Waals surface area (Å²) < 4.78 is 37.8. The first-order valence-corrected chi connectivity index (χ1v) is 10.4. The summed E-state index contributed by atoms with van der Waals surface area (Å²) in [5, 5.41) is 10.8.